The molecule has 0 saturated heterocycles. The Bertz CT molecular complexity index is 157. The van der Waals surface area contributed by atoms with Gasteiger partial charge >= 0.3 is 0 Å². The summed E-state index contributed by atoms with van der Waals surface area (Å²) < 4.78 is 0. The molecule has 2 unspecified atom stereocenters. The van der Waals surface area contributed by atoms with Crippen LogP contribution in [0.5, 0.6) is 0 Å². The molecule has 0 heteroatoms. The van der Waals surface area contributed by atoms with E-state index in [0.29, 0.717) is 0 Å². The molecule has 0 aromatic rings. The Morgan fingerprint density at radius 3 is 1.93 bits per heavy atom. The first-order chi connectivity index (χ1) is 6.83. The average molecular weight is 194 g/mol. The van der Waals surface area contributed by atoms with Gasteiger partial charge in [0.25, 0.3) is 0 Å². The standard InChI is InChI=1S/C14H26/c1-4-7-8-9-14-12(5-2)10-11-13(14)6-3/h7-8,12-14H,4-6,9-11H2,1-3H3/b8-7-. The minimum atomic E-state index is 0.993. The van der Waals surface area contributed by atoms with Gasteiger partial charge in [-0.15, -0.1) is 0 Å². The van der Waals surface area contributed by atoms with E-state index in [1.807, 2.05) is 0 Å². The van der Waals surface area contributed by atoms with Crippen LogP contribution in [0.2, 0.25) is 0 Å². The van der Waals surface area contributed by atoms with E-state index in [2.05, 4.69) is 32.9 Å². The molecule has 2 atom stereocenters. The third kappa shape index (κ3) is 2.87. The number of hydrogen-bond acceptors (Lipinski definition) is 0. The highest BCUT2D eigenvalue weighted by atomic mass is 14.4. The minimum Gasteiger partial charge on any atom is -0.0888 e. The van der Waals surface area contributed by atoms with Crippen LogP contribution in [0.4, 0.5) is 0 Å². The van der Waals surface area contributed by atoms with Crippen molar-refractivity contribution < 1.29 is 0 Å². The van der Waals surface area contributed by atoms with Crippen LogP contribution in [0.3, 0.4) is 0 Å². The fraction of sp³-hybridized carbons (Fsp3) is 0.857. The molecule has 0 aromatic heterocycles. The fourth-order valence-corrected chi connectivity index (χ4v) is 3.06. The summed E-state index contributed by atoms with van der Waals surface area (Å²) in [5.41, 5.74) is 0. The third-order valence-electron chi connectivity index (χ3n) is 3.98. The van der Waals surface area contributed by atoms with Crippen LogP contribution in [0.15, 0.2) is 12.2 Å². The maximum Gasteiger partial charge on any atom is -0.0317 e. The summed E-state index contributed by atoms with van der Waals surface area (Å²) in [5.74, 6) is 3.02. The van der Waals surface area contributed by atoms with Gasteiger partial charge in [-0.1, -0.05) is 45.8 Å². The van der Waals surface area contributed by atoms with E-state index in [-0.39, 0.29) is 0 Å². The molecule has 14 heavy (non-hydrogen) atoms. The lowest BCUT2D eigenvalue weighted by atomic mass is 9.84. The topological polar surface area (TPSA) is 0 Å². The molecule has 0 bridgehead atoms. The highest BCUT2D eigenvalue weighted by Gasteiger charge is 2.32. The molecule has 1 rings (SSSR count). The second-order valence-electron chi connectivity index (χ2n) is 4.69. The molecule has 1 saturated carbocycles. The fourth-order valence-electron chi connectivity index (χ4n) is 3.06. The maximum atomic E-state index is 2.42. The predicted octanol–water partition coefficient (Wildman–Crippen LogP) is 4.81. The van der Waals surface area contributed by atoms with Gasteiger partial charge in [0.05, 0.1) is 0 Å². The third-order valence-corrected chi connectivity index (χ3v) is 3.98. The average Bonchev–Trinajstić information content (AvgIpc) is 2.60. The van der Waals surface area contributed by atoms with Gasteiger partial charge in [0.1, 0.15) is 0 Å². The summed E-state index contributed by atoms with van der Waals surface area (Å²) in [7, 11) is 0. The second kappa shape index (κ2) is 6.27. The highest BCUT2D eigenvalue weighted by molar-refractivity contribution is 4.91. The lowest BCUT2D eigenvalue weighted by Crippen LogP contribution is -2.13. The van der Waals surface area contributed by atoms with Crippen LogP contribution in [-0.4, -0.2) is 0 Å². The van der Waals surface area contributed by atoms with Gasteiger partial charge in [-0.3, -0.25) is 0 Å². The first-order valence-corrected chi connectivity index (χ1v) is 6.48. The Morgan fingerprint density at radius 2 is 1.50 bits per heavy atom. The van der Waals surface area contributed by atoms with Crippen LogP contribution >= 0.6 is 0 Å². The number of allylic oxidation sites excluding steroid dienone is 2. The van der Waals surface area contributed by atoms with Crippen molar-refractivity contribution >= 4 is 0 Å². The Morgan fingerprint density at radius 1 is 0.929 bits per heavy atom. The Kier molecular flexibility index (Phi) is 5.29. The van der Waals surface area contributed by atoms with Crippen LogP contribution in [0.25, 0.3) is 0 Å². The normalized spacial score (nSPS) is 32.9. The van der Waals surface area contributed by atoms with Crippen LogP contribution in [0.1, 0.15) is 59.3 Å². The molecule has 1 fully saturated rings. The SMILES string of the molecule is CC/C=C\CC1C(CC)CCC1CC. The molecule has 0 aliphatic heterocycles. The van der Waals surface area contributed by atoms with Crippen molar-refractivity contribution in [2.45, 2.75) is 59.3 Å². The number of rotatable bonds is 5. The lowest BCUT2D eigenvalue weighted by Gasteiger charge is -2.22. The zero-order valence-electron chi connectivity index (χ0n) is 10.1. The van der Waals surface area contributed by atoms with E-state index < -0.39 is 0 Å². The van der Waals surface area contributed by atoms with E-state index in [0.717, 1.165) is 17.8 Å². The van der Waals surface area contributed by atoms with Crippen LogP contribution < -0.4 is 0 Å². The Balaban J connectivity index is 2.46. The van der Waals surface area contributed by atoms with Crippen molar-refractivity contribution in [1.82, 2.24) is 0 Å². The highest BCUT2D eigenvalue weighted by Crippen LogP contribution is 2.42. The zero-order chi connectivity index (χ0) is 10.4. The van der Waals surface area contributed by atoms with Gasteiger partial charge in [-0.05, 0) is 43.4 Å². The van der Waals surface area contributed by atoms with E-state index >= 15 is 0 Å². The summed E-state index contributed by atoms with van der Waals surface area (Å²) in [5, 5.41) is 0. The number of hydrogen-bond donors (Lipinski definition) is 0. The smallest absolute Gasteiger partial charge is 0.0317 e. The van der Waals surface area contributed by atoms with Gasteiger partial charge in [-0.25, -0.2) is 0 Å². The molecular weight excluding hydrogens is 168 g/mol. The monoisotopic (exact) mass is 194 g/mol. The van der Waals surface area contributed by atoms with Crippen LogP contribution in [0, 0.1) is 17.8 Å². The zero-order valence-corrected chi connectivity index (χ0v) is 10.1. The van der Waals surface area contributed by atoms with Crippen LogP contribution in [-0.2, 0) is 0 Å². The molecule has 82 valence electrons. The Hall–Kier alpha value is -0.260. The molecule has 0 spiro atoms. The van der Waals surface area contributed by atoms with Gasteiger partial charge in [0.2, 0.25) is 0 Å². The quantitative estimate of drug-likeness (QED) is 0.551. The summed E-state index contributed by atoms with van der Waals surface area (Å²) >= 11 is 0. The molecule has 0 amide bonds. The van der Waals surface area contributed by atoms with Gasteiger partial charge < -0.3 is 0 Å². The second-order valence-corrected chi connectivity index (χ2v) is 4.69. The summed E-state index contributed by atoms with van der Waals surface area (Å²) in [4.78, 5) is 0. The lowest BCUT2D eigenvalue weighted by molar-refractivity contribution is 0.300. The largest absolute Gasteiger partial charge is 0.0888 e. The van der Waals surface area contributed by atoms with E-state index in [1.165, 1.54) is 38.5 Å². The molecule has 0 nitrogen and oxygen atoms in total. The van der Waals surface area contributed by atoms with Crippen molar-refractivity contribution in [2.24, 2.45) is 17.8 Å². The molecular formula is C14H26. The maximum absolute atomic E-state index is 2.42. The van der Waals surface area contributed by atoms with Crippen molar-refractivity contribution in [1.29, 1.82) is 0 Å². The Labute approximate surface area is 89.8 Å². The van der Waals surface area contributed by atoms with E-state index in [9.17, 15) is 0 Å². The summed E-state index contributed by atoms with van der Waals surface area (Å²) in [6.45, 7) is 6.94. The predicted molar refractivity (Wildman–Crippen MR) is 64.3 cm³/mol. The molecule has 0 radical (unpaired) electrons. The van der Waals surface area contributed by atoms with Crippen molar-refractivity contribution in [3.05, 3.63) is 12.2 Å². The van der Waals surface area contributed by atoms with Gasteiger partial charge in [-0.2, -0.15) is 0 Å². The molecule has 0 N–H and O–H groups in total. The van der Waals surface area contributed by atoms with E-state index in [1.54, 1.807) is 0 Å². The first-order valence-electron chi connectivity index (χ1n) is 6.48. The van der Waals surface area contributed by atoms with Gasteiger partial charge in [0.15, 0.2) is 0 Å². The molecule has 0 heterocycles. The van der Waals surface area contributed by atoms with E-state index in [4.69, 9.17) is 0 Å². The molecule has 0 aromatic carbocycles. The van der Waals surface area contributed by atoms with Crippen molar-refractivity contribution in [3.8, 4) is 0 Å². The van der Waals surface area contributed by atoms with Gasteiger partial charge in [0, 0.05) is 0 Å². The minimum absolute atomic E-state index is 0.993. The summed E-state index contributed by atoms with van der Waals surface area (Å²) in [6, 6.07) is 0. The first kappa shape index (κ1) is 11.8. The van der Waals surface area contributed by atoms with Crippen molar-refractivity contribution in [2.75, 3.05) is 0 Å². The van der Waals surface area contributed by atoms with Crippen molar-refractivity contribution in [3.63, 3.8) is 0 Å². The summed E-state index contributed by atoms with van der Waals surface area (Å²) in [6.07, 6.45) is 13.0. The molecule has 1 aliphatic rings. The molecule has 1 aliphatic carbocycles.